The summed E-state index contributed by atoms with van der Waals surface area (Å²) >= 11 is 0. The van der Waals surface area contributed by atoms with Crippen molar-refractivity contribution < 1.29 is 9.59 Å². The summed E-state index contributed by atoms with van der Waals surface area (Å²) < 4.78 is 0. The summed E-state index contributed by atoms with van der Waals surface area (Å²) in [5, 5.41) is 5.66. The van der Waals surface area contributed by atoms with Gasteiger partial charge in [-0.3, -0.25) is 19.6 Å². The van der Waals surface area contributed by atoms with Crippen molar-refractivity contribution in [2.45, 2.75) is 20.4 Å². The van der Waals surface area contributed by atoms with Crippen molar-refractivity contribution in [2.75, 3.05) is 5.32 Å². The zero-order chi connectivity index (χ0) is 19.2. The Bertz CT molecular complexity index is 971. The van der Waals surface area contributed by atoms with Crippen LogP contribution in [-0.4, -0.2) is 21.8 Å². The summed E-state index contributed by atoms with van der Waals surface area (Å²) in [5.41, 5.74) is 4.19. The normalized spacial score (nSPS) is 10.3. The third kappa shape index (κ3) is 4.76. The third-order valence-electron chi connectivity index (χ3n) is 4.07. The Morgan fingerprint density at radius 1 is 1.00 bits per heavy atom. The molecule has 0 saturated carbocycles. The number of benzene rings is 1. The van der Waals surface area contributed by atoms with Gasteiger partial charge in [-0.15, -0.1) is 0 Å². The minimum absolute atomic E-state index is 0.185. The van der Waals surface area contributed by atoms with Gasteiger partial charge in [0.1, 0.15) is 5.69 Å². The van der Waals surface area contributed by atoms with Gasteiger partial charge in [0.15, 0.2) is 0 Å². The Morgan fingerprint density at radius 3 is 2.63 bits per heavy atom. The second-order valence-corrected chi connectivity index (χ2v) is 6.25. The van der Waals surface area contributed by atoms with Crippen LogP contribution in [0.3, 0.4) is 0 Å². The minimum atomic E-state index is -0.356. The number of pyridine rings is 2. The van der Waals surface area contributed by atoms with E-state index in [4.69, 9.17) is 0 Å². The average Bonchev–Trinajstić information content (AvgIpc) is 2.69. The highest BCUT2D eigenvalue weighted by Gasteiger charge is 2.13. The Balaban J connectivity index is 1.69. The van der Waals surface area contributed by atoms with Crippen molar-refractivity contribution >= 4 is 17.5 Å². The fraction of sp³-hybridized carbons (Fsp3) is 0.143. The van der Waals surface area contributed by atoms with Gasteiger partial charge in [0, 0.05) is 36.4 Å². The van der Waals surface area contributed by atoms with Crippen LogP contribution in [0.15, 0.2) is 61.1 Å². The topological polar surface area (TPSA) is 84.0 Å². The molecule has 6 heteroatoms. The molecule has 6 nitrogen and oxygen atoms in total. The van der Waals surface area contributed by atoms with Gasteiger partial charge in [-0.2, -0.15) is 0 Å². The number of carbonyl (C=O) groups excluding carboxylic acids is 2. The predicted octanol–water partition coefficient (Wildman–Crippen LogP) is 3.28. The molecule has 2 aromatic heterocycles. The van der Waals surface area contributed by atoms with Crippen LogP contribution >= 0.6 is 0 Å². The van der Waals surface area contributed by atoms with Gasteiger partial charge < -0.3 is 10.6 Å². The van der Waals surface area contributed by atoms with Gasteiger partial charge in [0.25, 0.3) is 11.8 Å². The van der Waals surface area contributed by atoms with Crippen molar-refractivity contribution in [3.05, 3.63) is 89.0 Å². The molecule has 0 aliphatic rings. The molecule has 1 aromatic carbocycles. The van der Waals surface area contributed by atoms with Gasteiger partial charge in [-0.05, 0) is 54.8 Å². The molecule has 3 aromatic rings. The molecule has 27 heavy (non-hydrogen) atoms. The lowest BCUT2D eigenvalue weighted by atomic mass is 10.1. The van der Waals surface area contributed by atoms with Gasteiger partial charge in [0.2, 0.25) is 0 Å². The number of amides is 2. The minimum Gasteiger partial charge on any atom is -0.348 e. The first-order chi connectivity index (χ1) is 13.0. The van der Waals surface area contributed by atoms with Crippen LogP contribution in [0.4, 0.5) is 5.69 Å². The third-order valence-corrected chi connectivity index (χ3v) is 4.07. The van der Waals surface area contributed by atoms with Crippen molar-refractivity contribution in [1.82, 2.24) is 15.3 Å². The molecule has 3 rings (SSSR count). The van der Waals surface area contributed by atoms with E-state index in [1.807, 2.05) is 44.2 Å². The molecule has 0 bridgehead atoms. The number of nitrogens with one attached hydrogen (secondary N) is 2. The fourth-order valence-corrected chi connectivity index (χ4v) is 2.54. The van der Waals surface area contributed by atoms with E-state index < -0.39 is 0 Å². The molecule has 0 saturated heterocycles. The molecule has 0 aliphatic carbocycles. The maximum atomic E-state index is 12.5. The average molecular weight is 360 g/mol. The van der Waals surface area contributed by atoms with Crippen LogP contribution in [-0.2, 0) is 6.54 Å². The largest absolute Gasteiger partial charge is 0.348 e. The van der Waals surface area contributed by atoms with E-state index in [1.165, 1.54) is 12.3 Å². The highest BCUT2D eigenvalue weighted by Crippen LogP contribution is 2.17. The van der Waals surface area contributed by atoms with Crippen LogP contribution in [0.2, 0.25) is 0 Å². The van der Waals surface area contributed by atoms with Crippen LogP contribution in [0.25, 0.3) is 0 Å². The zero-order valence-electron chi connectivity index (χ0n) is 15.2. The standard InChI is InChI=1S/C21H20N4O2/c1-14-5-6-15(2)18(10-14)25-21(27)19-11-17(7-9-23-19)20(26)24-13-16-4-3-8-22-12-16/h3-12H,13H2,1-2H3,(H,24,26)(H,25,27). The van der Waals surface area contributed by atoms with Crippen LogP contribution < -0.4 is 10.6 Å². The summed E-state index contributed by atoms with van der Waals surface area (Å²) in [7, 11) is 0. The Hall–Kier alpha value is -3.54. The smallest absolute Gasteiger partial charge is 0.274 e. The Kier molecular flexibility index (Phi) is 5.56. The maximum Gasteiger partial charge on any atom is 0.274 e. The van der Waals surface area contributed by atoms with Gasteiger partial charge >= 0.3 is 0 Å². The summed E-state index contributed by atoms with van der Waals surface area (Å²) in [6.45, 7) is 4.24. The highest BCUT2D eigenvalue weighted by atomic mass is 16.2. The Morgan fingerprint density at radius 2 is 1.85 bits per heavy atom. The number of hydrogen-bond donors (Lipinski definition) is 2. The molecule has 0 radical (unpaired) electrons. The van der Waals surface area contributed by atoms with E-state index in [0.717, 1.165) is 22.4 Å². The molecule has 0 fully saturated rings. The molecule has 0 atom stereocenters. The van der Waals surface area contributed by atoms with Crippen molar-refractivity contribution in [2.24, 2.45) is 0 Å². The van der Waals surface area contributed by atoms with E-state index >= 15 is 0 Å². The Labute approximate surface area is 157 Å². The predicted molar refractivity (Wildman–Crippen MR) is 104 cm³/mol. The molecule has 0 spiro atoms. The van der Waals surface area contributed by atoms with Gasteiger partial charge in [-0.1, -0.05) is 18.2 Å². The fourth-order valence-electron chi connectivity index (χ4n) is 2.54. The second-order valence-electron chi connectivity index (χ2n) is 6.25. The number of aryl methyl sites for hydroxylation is 2. The molecular formula is C21H20N4O2. The summed E-state index contributed by atoms with van der Waals surface area (Å²) in [6, 6.07) is 12.6. The van der Waals surface area contributed by atoms with Crippen LogP contribution in [0.1, 0.15) is 37.5 Å². The molecular weight excluding hydrogens is 340 g/mol. The van der Waals surface area contributed by atoms with Crippen LogP contribution in [0, 0.1) is 13.8 Å². The van der Waals surface area contributed by atoms with Gasteiger partial charge in [0.05, 0.1) is 0 Å². The summed E-state index contributed by atoms with van der Waals surface area (Å²) in [6.07, 6.45) is 4.82. The molecule has 2 amide bonds. The number of nitrogens with zero attached hydrogens (tertiary/aromatic N) is 2. The van der Waals surface area contributed by atoms with E-state index in [-0.39, 0.29) is 17.5 Å². The van der Waals surface area contributed by atoms with Crippen molar-refractivity contribution in [3.63, 3.8) is 0 Å². The molecule has 2 N–H and O–H groups in total. The highest BCUT2D eigenvalue weighted by molar-refractivity contribution is 6.05. The second kappa shape index (κ2) is 8.23. The van der Waals surface area contributed by atoms with Crippen molar-refractivity contribution in [3.8, 4) is 0 Å². The maximum absolute atomic E-state index is 12.5. The zero-order valence-corrected chi connectivity index (χ0v) is 15.2. The first kappa shape index (κ1) is 18.3. The number of carbonyl (C=O) groups is 2. The summed E-state index contributed by atoms with van der Waals surface area (Å²) in [5.74, 6) is -0.632. The van der Waals surface area contributed by atoms with E-state index in [9.17, 15) is 9.59 Å². The number of aromatic nitrogens is 2. The number of rotatable bonds is 5. The molecule has 0 unspecified atom stereocenters. The molecule has 0 aliphatic heterocycles. The SMILES string of the molecule is Cc1ccc(C)c(NC(=O)c2cc(C(=O)NCc3cccnc3)ccn2)c1. The quantitative estimate of drug-likeness (QED) is 0.731. The van der Waals surface area contributed by atoms with E-state index in [2.05, 4.69) is 20.6 Å². The first-order valence-electron chi connectivity index (χ1n) is 8.54. The number of anilines is 1. The van der Waals surface area contributed by atoms with E-state index in [0.29, 0.717) is 12.1 Å². The lowest BCUT2D eigenvalue weighted by Gasteiger charge is -2.10. The lowest BCUT2D eigenvalue weighted by molar-refractivity contribution is 0.0950. The number of hydrogen-bond acceptors (Lipinski definition) is 4. The summed E-state index contributed by atoms with van der Waals surface area (Å²) in [4.78, 5) is 33.0. The van der Waals surface area contributed by atoms with Crippen LogP contribution in [0.5, 0.6) is 0 Å². The lowest BCUT2D eigenvalue weighted by Crippen LogP contribution is -2.24. The van der Waals surface area contributed by atoms with Crippen molar-refractivity contribution in [1.29, 1.82) is 0 Å². The van der Waals surface area contributed by atoms with E-state index in [1.54, 1.807) is 18.5 Å². The van der Waals surface area contributed by atoms with Gasteiger partial charge in [-0.25, -0.2) is 0 Å². The molecule has 136 valence electrons. The monoisotopic (exact) mass is 360 g/mol. The molecule has 2 heterocycles. The first-order valence-corrected chi connectivity index (χ1v) is 8.54.